The van der Waals surface area contributed by atoms with E-state index in [0.717, 1.165) is 52.1 Å². The molecule has 0 saturated carbocycles. The van der Waals surface area contributed by atoms with E-state index in [9.17, 15) is 14.4 Å². The summed E-state index contributed by atoms with van der Waals surface area (Å²) in [4.78, 5) is 45.3. The molecular weight excluding hydrogens is 488 g/mol. The molecule has 0 aliphatic carbocycles. The second-order valence-electron chi connectivity index (χ2n) is 12.3. The van der Waals surface area contributed by atoms with Gasteiger partial charge < -0.3 is 24.4 Å². The molecule has 1 rings (SSSR count). The maximum atomic E-state index is 12.7. The first kappa shape index (κ1) is 34.3. The van der Waals surface area contributed by atoms with Crippen molar-refractivity contribution in [2.24, 2.45) is 0 Å². The zero-order valence-corrected chi connectivity index (χ0v) is 25.1. The molecule has 0 atom stereocenters. The lowest BCUT2D eigenvalue weighted by molar-refractivity contribution is -0.158. The molecule has 10 nitrogen and oxygen atoms in total. The average Bonchev–Trinajstić information content (AvgIpc) is 2.75. The number of unbranched alkanes of at least 4 members (excludes halogenated alkanes) is 1. The minimum Gasteiger partial charge on any atom is -0.481 e. The first-order chi connectivity index (χ1) is 17.7. The van der Waals surface area contributed by atoms with Gasteiger partial charge in [-0.2, -0.15) is 0 Å². The van der Waals surface area contributed by atoms with Crippen molar-refractivity contribution < 1.29 is 29.0 Å². The molecule has 1 aliphatic rings. The second kappa shape index (κ2) is 17.0. The molecule has 1 fully saturated rings. The zero-order valence-electron chi connectivity index (χ0n) is 25.1. The monoisotopic (exact) mass is 542 g/mol. The lowest BCUT2D eigenvalue weighted by atomic mass is 10.2. The standard InChI is InChI=1S/C28H54N4O6/c1-8-9-12-29-14-15-30(13-10-11-24(33)34)17-19-32(23-26(36)38-28(5,6)7)21-20-31(18-16-29)22-25(35)37-27(2,3)4/h8-23H2,1-7H3,(H,33,34). The third-order valence-electron chi connectivity index (χ3n) is 6.17. The average molecular weight is 543 g/mol. The molecule has 0 bridgehead atoms. The second-order valence-corrected chi connectivity index (χ2v) is 12.3. The fourth-order valence-corrected chi connectivity index (χ4v) is 4.29. The molecule has 0 radical (unpaired) electrons. The molecule has 222 valence electrons. The molecule has 0 aromatic carbocycles. The summed E-state index contributed by atoms with van der Waals surface area (Å²) >= 11 is 0. The number of carbonyl (C=O) groups is 3. The van der Waals surface area contributed by atoms with E-state index in [0.29, 0.717) is 32.6 Å². The smallest absolute Gasteiger partial charge is 0.320 e. The van der Waals surface area contributed by atoms with Crippen molar-refractivity contribution >= 4 is 17.9 Å². The van der Waals surface area contributed by atoms with Crippen LogP contribution in [0.1, 0.15) is 74.1 Å². The Morgan fingerprint density at radius 3 is 1.29 bits per heavy atom. The van der Waals surface area contributed by atoms with Crippen LogP contribution in [0.25, 0.3) is 0 Å². The molecule has 0 unspecified atom stereocenters. The van der Waals surface area contributed by atoms with Crippen molar-refractivity contribution in [1.82, 2.24) is 19.6 Å². The summed E-state index contributed by atoms with van der Waals surface area (Å²) in [6.45, 7) is 21.3. The van der Waals surface area contributed by atoms with Crippen molar-refractivity contribution in [3.63, 3.8) is 0 Å². The lowest BCUT2D eigenvalue weighted by Crippen LogP contribution is -2.48. The van der Waals surface area contributed by atoms with Crippen molar-refractivity contribution in [1.29, 1.82) is 0 Å². The predicted octanol–water partition coefficient (Wildman–Crippen LogP) is 2.56. The lowest BCUT2D eigenvalue weighted by Gasteiger charge is -2.34. The first-order valence-electron chi connectivity index (χ1n) is 14.2. The maximum Gasteiger partial charge on any atom is 0.320 e. The predicted molar refractivity (Wildman–Crippen MR) is 149 cm³/mol. The number of carboxylic acid groups (broad SMARTS) is 1. The van der Waals surface area contributed by atoms with Crippen LogP contribution in [-0.4, -0.2) is 132 Å². The van der Waals surface area contributed by atoms with E-state index in [2.05, 4.69) is 26.5 Å². The van der Waals surface area contributed by atoms with Gasteiger partial charge in [0.2, 0.25) is 0 Å². The number of rotatable bonds is 11. The summed E-state index contributed by atoms with van der Waals surface area (Å²) in [7, 11) is 0. The summed E-state index contributed by atoms with van der Waals surface area (Å²) in [5.74, 6) is -1.29. The third-order valence-corrected chi connectivity index (χ3v) is 6.17. The van der Waals surface area contributed by atoms with Gasteiger partial charge in [-0.25, -0.2) is 0 Å². The van der Waals surface area contributed by atoms with Crippen molar-refractivity contribution in [3.8, 4) is 0 Å². The highest BCUT2D eigenvalue weighted by molar-refractivity contribution is 5.72. The van der Waals surface area contributed by atoms with Gasteiger partial charge in [-0.1, -0.05) is 13.3 Å². The molecule has 38 heavy (non-hydrogen) atoms. The number of esters is 2. The molecular formula is C28H54N4O6. The quantitative estimate of drug-likeness (QED) is 0.392. The number of hydrogen-bond donors (Lipinski definition) is 1. The Hall–Kier alpha value is -1.75. The van der Waals surface area contributed by atoms with Crippen LogP contribution in [0, 0.1) is 0 Å². The molecule has 0 amide bonds. The largest absolute Gasteiger partial charge is 0.481 e. The molecule has 10 heteroatoms. The Morgan fingerprint density at radius 1 is 0.632 bits per heavy atom. The Bertz CT molecular complexity index is 719. The number of ether oxygens (including phenoxy) is 2. The Morgan fingerprint density at radius 2 is 0.974 bits per heavy atom. The summed E-state index contributed by atoms with van der Waals surface area (Å²) in [5.41, 5.74) is -1.10. The highest BCUT2D eigenvalue weighted by atomic mass is 16.6. The van der Waals surface area contributed by atoms with Crippen LogP contribution in [0.5, 0.6) is 0 Å². The van der Waals surface area contributed by atoms with E-state index < -0.39 is 17.2 Å². The van der Waals surface area contributed by atoms with E-state index in [1.807, 2.05) is 41.5 Å². The van der Waals surface area contributed by atoms with Crippen LogP contribution in [0.2, 0.25) is 0 Å². The van der Waals surface area contributed by atoms with Gasteiger partial charge in [-0.15, -0.1) is 0 Å². The summed E-state index contributed by atoms with van der Waals surface area (Å²) in [5, 5.41) is 9.09. The van der Waals surface area contributed by atoms with E-state index >= 15 is 0 Å². The molecule has 1 N–H and O–H groups in total. The normalized spacial score (nSPS) is 18.4. The van der Waals surface area contributed by atoms with Crippen LogP contribution < -0.4 is 0 Å². The fourth-order valence-electron chi connectivity index (χ4n) is 4.29. The van der Waals surface area contributed by atoms with Crippen molar-refractivity contribution in [3.05, 3.63) is 0 Å². The Labute approximate surface area is 230 Å². The molecule has 0 spiro atoms. The minimum atomic E-state index is -0.777. The van der Waals surface area contributed by atoms with Gasteiger partial charge in [0, 0.05) is 58.8 Å². The van der Waals surface area contributed by atoms with Gasteiger partial charge >= 0.3 is 17.9 Å². The fraction of sp³-hybridized carbons (Fsp3) is 0.893. The van der Waals surface area contributed by atoms with Crippen LogP contribution in [0.15, 0.2) is 0 Å². The Balaban J connectivity index is 3.02. The first-order valence-corrected chi connectivity index (χ1v) is 14.2. The van der Waals surface area contributed by atoms with E-state index in [1.165, 1.54) is 0 Å². The SMILES string of the molecule is CCCCN1CCN(CCCC(=O)O)CCN(CC(=O)OC(C)(C)C)CCN(CC(=O)OC(C)(C)C)CC1. The van der Waals surface area contributed by atoms with E-state index in [1.54, 1.807) is 0 Å². The molecule has 0 aromatic rings. The summed E-state index contributed by atoms with van der Waals surface area (Å²) < 4.78 is 11.2. The van der Waals surface area contributed by atoms with Gasteiger partial charge in [-0.3, -0.25) is 24.2 Å². The van der Waals surface area contributed by atoms with Crippen LogP contribution in [0.4, 0.5) is 0 Å². The van der Waals surface area contributed by atoms with Crippen LogP contribution >= 0.6 is 0 Å². The molecule has 1 heterocycles. The minimum absolute atomic E-state index is 0.150. The number of nitrogens with zero attached hydrogens (tertiary/aromatic N) is 4. The topological polar surface area (TPSA) is 103 Å². The summed E-state index contributed by atoms with van der Waals surface area (Å²) in [6.07, 6.45) is 2.96. The highest BCUT2D eigenvalue weighted by Gasteiger charge is 2.24. The van der Waals surface area contributed by atoms with E-state index in [-0.39, 0.29) is 31.4 Å². The maximum absolute atomic E-state index is 12.7. The molecule has 1 saturated heterocycles. The van der Waals surface area contributed by atoms with Gasteiger partial charge in [0.15, 0.2) is 0 Å². The van der Waals surface area contributed by atoms with Gasteiger partial charge in [0.25, 0.3) is 0 Å². The number of carboxylic acids is 1. The number of hydrogen-bond acceptors (Lipinski definition) is 9. The summed E-state index contributed by atoms with van der Waals surface area (Å²) in [6, 6.07) is 0. The highest BCUT2D eigenvalue weighted by Crippen LogP contribution is 2.10. The van der Waals surface area contributed by atoms with Crippen molar-refractivity contribution in [2.75, 3.05) is 78.5 Å². The molecule has 0 aromatic heterocycles. The van der Waals surface area contributed by atoms with Crippen LogP contribution in [-0.2, 0) is 23.9 Å². The van der Waals surface area contributed by atoms with Crippen molar-refractivity contribution in [2.45, 2.75) is 85.4 Å². The van der Waals surface area contributed by atoms with Gasteiger partial charge in [0.1, 0.15) is 11.2 Å². The van der Waals surface area contributed by atoms with Gasteiger partial charge in [0.05, 0.1) is 13.1 Å². The van der Waals surface area contributed by atoms with E-state index in [4.69, 9.17) is 14.6 Å². The zero-order chi connectivity index (χ0) is 28.8. The van der Waals surface area contributed by atoms with Crippen LogP contribution in [0.3, 0.4) is 0 Å². The Kier molecular flexibility index (Phi) is 15.4. The number of carbonyl (C=O) groups excluding carboxylic acids is 2. The number of aliphatic carboxylic acids is 1. The van der Waals surface area contributed by atoms with Gasteiger partial charge in [-0.05, 0) is 67.5 Å². The third kappa shape index (κ3) is 17.7. The molecule has 1 aliphatic heterocycles.